The highest BCUT2D eigenvalue weighted by Crippen LogP contribution is 2.15. The standard InChI is InChI=1S/C12H9F3N2O2/c1-6-9(19-5-17-6)4-16-12(18)7-2-3-8(13)11(15)10(7)14/h2-3,5H,4H2,1H3,(H,16,18). The molecule has 0 unspecified atom stereocenters. The molecule has 2 rings (SSSR count). The van der Waals surface area contributed by atoms with Crippen molar-refractivity contribution in [1.82, 2.24) is 10.3 Å². The van der Waals surface area contributed by atoms with Crippen molar-refractivity contribution in [3.63, 3.8) is 0 Å². The van der Waals surface area contributed by atoms with E-state index in [1.165, 1.54) is 6.39 Å². The van der Waals surface area contributed by atoms with E-state index >= 15 is 0 Å². The Bertz CT molecular complexity index is 625. The number of rotatable bonds is 3. The van der Waals surface area contributed by atoms with Crippen LogP contribution in [0.15, 0.2) is 22.9 Å². The molecule has 0 bridgehead atoms. The van der Waals surface area contributed by atoms with Crippen LogP contribution in [0, 0.1) is 24.4 Å². The Balaban J connectivity index is 2.13. The number of halogens is 3. The molecule has 1 N–H and O–H groups in total. The van der Waals surface area contributed by atoms with Crippen molar-refractivity contribution in [2.45, 2.75) is 13.5 Å². The van der Waals surface area contributed by atoms with Gasteiger partial charge in [-0.2, -0.15) is 0 Å². The molecule has 0 radical (unpaired) electrons. The summed E-state index contributed by atoms with van der Waals surface area (Å²) in [5.41, 5.74) is 0.00197. The fraction of sp³-hybridized carbons (Fsp3) is 0.167. The van der Waals surface area contributed by atoms with E-state index in [1.54, 1.807) is 6.92 Å². The number of carbonyl (C=O) groups is 1. The normalized spacial score (nSPS) is 10.5. The summed E-state index contributed by atoms with van der Waals surface area (Å²) in [5, 5.41) is 2.33. The monoisotopic (exact) mass is 270 g/mol. The van der Waals surface area contributed by atoms with E-state index in [1.807, 2.05) is 0 Å². The molecule has 0 atom stereocenters. The van der Waals surface area contributed by atoms with Gasteiger partial charge in [0, 0.05) is 0 Å². The van der Waals surface area contributed by atoms with Crippen molar-refractivity contribution in [3.8, 4) is 0 Å². The van der Waals surface area contributed by atoms with Gasteiger partial charge in [0.1, 0.15) is 5.76 Å². The van der Waals surface area contributed by atoms with Crippen LogP contribution in [0.5, 0.6) is 0 Å². The van der Waals surface area contributed by atoms with Gasteiger partial charge >= 0.3 is 0 Å². The van der Waals surface area contributed by atoms with E-state index in [-0.39, 0.29) is 6.54 Å². The van der Waals surface area contributed by atoms with E-state index < -0.39 is 28.9 Å². The minimum atomic E-state index is -1.68. The molecule has 19 heavy (non-hydrogen) atoms. The molecule has 1 heterocycles. The molecule has 0 saturated carbocycles. The number of hydrogen-bond donors (Lipinski definition) is 1. The maximum atomic E-state index is 13.3. The number of benzene rings is 1. The Kier molecular flexibility index (Phi) is 3.55. The zero-order chi connectivity index (χ0) is 14.0. The van der Waals surface area contributed by atoms with E-state index in [0.29, 0.717) is 17.5 Å². The number of nitrogens with zero attached hydrogens (tertiary/aromatic N) is 1. The topological polar surface area (TPSA) is 55.1 Å². The van der Waals surface area contributed by atoms with Gasteiger partial charge in [0.15, 0.2) is 23.8 Å². The molecule has 0 fully saturated rings. The highest BCUT2D eigenvalue weighted by atomic mass is 19.2. The minimum Gasteiger partial charge on any atom is -0.446 e. The van der Waals surface area contributed by atoms with Crippen LogP contribution in [-0.4, -0.2) is 10.9 Å². The Hall–Kier alpha value is -2.31. The lowest BCUT2D eigenvalue weighted by Gasteiger charge is -2.05. The average Bonchev–Trinajstić information content (AvgIpc) is 2.79. The van der Waals surface area contributed by atoms with Gasteiger partial charge in [0.05, 0.1) is 17.8 Å². The summed E-state index contributed by atoms with van der Waals surface area (Å²) in [7, 11) is 0. The lowest BCUT2D eigenvalue weighted by Crippen LogP contribution is -2.24. The minimum absolute atomic E-state index is 0.0247. The third kappa shape index (κ3) is 2.59. The van der Waals surface area contributed by atoms with Crippen LogP contribution in [0.1, 0.15) is 21.8 Å². The van der Waals surface area contributed by atoms with Gasteiger partial charge in [-0.15, -0.1) is 0 Å². The Morgan fingerprint density at radius 3 is 2.68 bits per heavy atom. The Morgan fingerprint density at radius 2 is 2.05 bits per heavy atom. The quantitative estimate of drug-likeness (QED) is 0.871. The van der Waals surface area contributed by atoms with Crippen LogP contribution in [-0.2, 0) is 6.54 Å². The number of amides is 1. The zero-order valence-electron chi connectivity index (χ0n) is 9.84. The first-order valence-electron chi connectivity index (χ1n) is 5.31. The Labute approximate surface area is 106 Å². The molecule has 2 aromatic rings. The third-order valence-corrected chi connectivity index (χ3v) is 2.53. The fourth-order valence-electron chi connectivity index (χ4n) is 1.45. The summed E-state index contributed by atoms with van der Waals surface area (Å²) in [4.78, 5) is 15.4. The first kappa shape index (κ1) is 13.1. The van der Waals surface area contributed by atoms with E-state index in [9.17, 15) is 18.0 Å². The number of oxazole rings is 1. The van der Waals surface area contributed by atoms with Crippen molar-refractivity contribution in [2.75, 3.05) is 0 Å². The number of aromatic nitrogens is 1. The van der Waals surface area contributed by atoms with Gasteiger partial charge in [-0.05, 0) is 19.1 Å². The van der Waals surface area contributed by atoms with Crippen LogP contribution in [0.25, 0.3) is 0 Å². The first-order valence-corrected chi connectivity index (χ1v) is 5.31. The number of carbonyl (C=O) groups excluding carboxylic acids is 1. The Morgan fingerprint density at radius 1 is 1.32 bits per heavy atom. The molecular formula is C12H9F3N2O2. The SMILES string of the molecule is Cc1ncoc1CNC(=O)c1ccc(F)c(F)c1F. The van der Waals surface area contributed by atoms with Crippen molar-refractivity contribution < 1.29 is 22.4 Å². The second-order valence-corrected chi connectivity index (χ2v) is 3.77. The van der Waals surface area contributed by atoms with E-state index in [2.05, 4.69) is 10.3 Å². The molecular weight excluding hydrogens is 261 g/mol. The maximum absolute atomic E-state index is 13.3. The van der Waals surface area contributed by atoms with Crippen LogP contribution in [0.2, 0.25) is 0 Å². The molecule has 0 spiro atoms. The van der Waals surface area contributed by atoms with Crippen LogP contribution < -0.4 is 5.32 Å². The van der Waals surface area contributed by atoms with Crippen LogP contribution >= 0.6 is 0 Å². The number of hydrogen-bond acceptors (Lipinski definition) is 3. The third-order valence-electron chi connectivity index (χ3n) is 2.53. The van der Waals surface area contributed by atoms with Crippen LogP contribution in [0.3, 0.4) is 0 Å². The van der Waals surface area contributed by atoms with Crippen molar-refractivity contribution in [2.24, 2.45) is 0 Å². The summed E-state index contributed by atoms with van der Waals surface area (Å²) < 4.78 is 44.0. The summed E-state index contributed by atoms with van der Waals surface area (Å²) in [6.45, 7) is 1.65. The lowest BCUT2D eigenvalue weighted by molar-refractivity contribution is 0.0942. The second kappa shape index (κ2) is 5.13. The number of nitrogens with one attached hydrogen (secondary N) is 1. The van der Waals surface area contributed by atoms with Gasteiger partial charge in [-0.1, -0.05) is 0 Å². The predicted octanol–water partition coefficient (Wildman–Crippen LogP) is 2.33. The van der Waals surface area contributed by atoms with Gasteiger partial charge in [0.2, 0.25) is 0 Å². The van der Waals surface area contributed by atoms with Gasteiger partial charge in [-0.3, -0.25) is 4.79 Å². The molecule has 7 heteroatoms. The van der Waals surface area contributed by atoms with Gasteiger partial charge in [0.25, 0.3) is 5.91 Å². The second-order valence-electron chi connectivity index (χ2n) is 3.77. The predicted molar refractivity (Wildman–Crippen MR) is 58.7 cm³/mol. The molecule has 4 nitrogen and oxygen atoms in total. The summed E-state index contributed by atoms with van der Waals surface area (Å²) in [6, 6.07) is 1.56. The highest BCUT2D eigenvalue weighted by molar-refractivity contribution is 5.94. The number of aryl methyl sites for hydroxylation is 1. The first-order chi connectivity index (χ1) is 9.00. The van der Waals surface area contributed by atoms with Crippen molar-refractivity contribution in [3.05, 3.63) is 53.0 Å². The summed E-state index contributed by atoms with van der Waals surface area (Å²) >= 11 is 0. The summed E-state index contributed by atoms with van der Waals surface area (Å²) in [6.07, 6.45) is 1.20. The highest BCUT2D eigenvalue weighted by Gasteiger charge is 2.19. The molecule has 0 aliphatic rings. The summed E-state index contributed by atoms with van der Waals surface area (Å²) in [5.74, 6) is -5.01. The molecule has 0 saturated heterocycles. The molecule has 1 aromatic heterocycles. The molecule has 100 valence electrons. The zero-order valence-corrected chi connectivity index (χ0v) is 9.84. The van der Waals surface area contributed by atoms with Gasteiger partial charge in [-0.25, -0.2) is 18.2 Å². The smallest absolute Gasteiger partial charge is 0.254 e. The molecule has 1 amide bonds. The van der Waals surface area contributed by atoms with E-state index in [0.717, 1.165) is 6.07 Å². The largest absolute Gasteiger partial charge is 0.446 e. The molecule has 1 aromatic carbocycles. The molecule has 0 aliphatic heterocycles. The molecule has 0 aliphatic carbocycles. The lowest BCUT2D eigenvalue weighted by atomic mass is 10.2. The van der Waals surface area contributed by atoms with Gasteiger partial charge < -0.3 is 9.73 Å². The van der Waals surface area contributed by atoms with E-state index in [4.69, 9.17) is 4.42 Å². The fourth-order valence-corrected chi connectivity index (χ4v) is 1.45. The average molecular weight is 270 g/mol. The maximum Gasteiger partial charge on any atom is 0.254 e. The van der Waals surface area contributed by atoms with Crippen LogP contribution in [0.4, 0.5) is 13.2 Å². The van der Waals surface area contributed by atoms with Crippen molar-refractivity contribution in [1.29, 1.82) is 0 Å². The van der Waals surface area contributed by atoms with Crippen molar-refractivity contribution >= 4 is 5.91 Å².